The van der Waals surface area contributed by atoms with Gasteiger partial charge in [0.05, 0.1) is 0 Å². The molecule has 6 heteroatoms. The lowest BCUT2D eigenvalue weighted by Crippen LogP contribution is -2.50. The zero-order chi connectivity index (χ0) is 14.1. The highest BCUT2D eigenvalue weighted by atomic mass is 16.2. The molecule has 2 fully saturated rings. The van der Waals surface area contributed by atoms with E-state index in [2.05, 4.69) is 9.97 Å². The minimum atomic E-state index is -0.504. The number of hydrogen-bond donors (Lipinski definition) is 1. The van der Waals surface area contributed by atoms with Gasteiger partial charge in [0.2, 0.25) is 5.91 Å². The van der Waals surface area contributed by atoms with Crippen molar-refractivity contribution in [2.24, 2.45) is 5.73 Å². The number of amides is 2. The Morgan fingerprint density at radius 2 is 2.05 bits per heavy atom. The molecule has 2 heterocycles. The van der Waals surface area contributed by atoms with Crippen LogP contribution in [0.15, 0.2) is 12.3 Å². The molecule has 1 aromatic rings. The topological polar surface area (TPSA) is 89.2 Å². The molecular formula is C14H18N4O2. The minimum Gasteiger partial charge on any atom is -0.368 e. The number of primary amides is 1. The van der Waals surface area contributed by atoms with Crippen molar-refractivity contribution in [3.63, 3.8) is 0 Å². The molecule has 1 atom stereocenters. The first-order valence-electron chi connectivity index (χ1n) is 7.10. The Balaban J connectivity index is 1.83. The lowest BCUT2D eigenvalue weighted by molar-refractivity contribution is -0.123. The molecule has 0 aromatic carbocycles. The summed E-state index contributed by atoms with van der Waals surface area (Å²) in [6.07, 6.45) is 6.26. The summed E-state index contributed by atoms with van der Waals surface area (Å²) in [6, 6.07) is 1.11. The molecule has 1 aliphatic carbocycles. The summed E-state index contributed by atoms with van der Waals surface area (Å²) in [5.74, 6) is 0.492. The van der Waals surface area contributed by atoms with Gasteiger partial charge in [-0.15, -0.1) is 0 Å². The van der Waals surface area contributed by atoms with Gasteiger partial charge >= 0.3 is 0 Å². The van der Waals surface area contributed by atoms with Crippen LogP contribution in [0.25, 0.3) is 0 Å². The maximum atomic E-state index is 12.5. The van der Waals surface area contributed by atoms with Crippen molar-refractivity contribution in [3.8, 4) is 0 Å². The van der Waals surface area contributed by atoms with E-state index in [4.69, 9.17) is 5.73 Å². The van der Waals surface area contributed by atoms with Crippen LogP contribution in [0.3, 0.4) is 0 Å². The Hall–Kier alpha value is -1.98. The van der Waals surface area contributed by atoms with Crippen LogP contribution in [0, 0.1) is 0 Å². The number of hydrogen-bond acceptors (Lipinski definition) is 4. The van der Waals surface area contributed by atoms with Gasteiger partial charge in [-0.25, -0.2) is 9.97 Å². The molecule has 3 rings (SSSR count). The van der Waals surface area contributed by atoms with Gasteiger partial charge < -0.3 is 10.6 Å². The largest absolute Gasteiger partial charge is 0.368 e. The van der Waals surface area contributed by atoms with Crippen molar-refractivity contribution < 1.29 is 9.59 Å². The van der Waals surface area contributed by atoms with Crippen molar-refractivity contribution in [3.05, 3.63) is 23.8 Å². The van der Waals surface area contributed by atoms with Gasteiger partial charge in [0, 0.05) is 18.7 Å². The van der Waals surface area contributed by atoms with E-state index in [1.54, 1.807) is 17.2 Å². The van der Waals surface area contributed by atoms with Gasteiger partial charge in [0.1, 0.15) is 17.6 Å². The van der Waals surface area contributed by atoms with E-state index in [1.165, 1.54) is 0 Å². The lowest BCUT2D eigenvalue weighted by atomic mass is 10.0. The second-order valence-electron chi connectivity index (χ2n) is 5.49. The van der Waals surface area contributed by atoms with Crippen LogP contribution in [-0.4, -0.2) is 39.3 Å². The lowest BCUT2D eigenvalue weighted by Gasteiger charge is -2.33. The third-order valence-electron chi connectivity index (χ3n) is 3.93. The summed E-state index contributed by atoms with van der Waals surface area (Å²) >= 11 is 0. The number of piperidine rings is 1. The summed E-state index contributed by atoms with van der Waals surface area (Å²) in [5.41, 5.74) is 5.77. The molecule has 0 radical (unpaired) electrons. The highest BCUT2D eigenvalue weighted by Crippen LogP contribution is 2.37. The van der Waals surface area contributed by atoms with Crippen molar-refractivity contribution >= 4 is 11.8 Å². The number of nitrogens with two attached hydrogens (primary N) is 1. The van der Waals surface area contributed by atoms with Crippen LogP contribution in [0.1, 0.15) is 54.3 Å². The van der Waals surface area contributed by atoms with Crippen LogP contribution >= 0.6 is 0 Å². The molecule has 1 aromatic heterocycles. The van der Waals surface area contributed by atoms with E-state index in [-0.39, 0.29) is 5.91 Å². The standard InChI is InChI=1S/C14H18N4O2/c15-12(19)11-3-1-2-8-18(11)14(20)10-6-7-16-13(17-10)9-4-5-9/h6-7,9,11H,1-5,8H2,(H2,15,19). The van der Waals surface area contributed by atoms with Gasteiger partial charge in [-0.1, -0.05) is 0 Å². The van der Waals surface area contributed by atoms with E-state index in [9.17, 15) is 9.59 Å². The van der Waals surface area contributed by atoms with Crippen LogP contribution < -0.4 is 5.73 Å². The molecule has 2 amide bonds. The van der Waals surface area contributed by atoms with Crippen LogP contribution in [0.2, 0.25) is 0 Å². The summed E-state index contributed by atoms with van der Waals surface area (Å²) < 4.78 is 0. The molecule has 1 saturated carbocycles. The summed E-state index contributed by atoms with van der Waals surface area (Å²) in [7, 11) is 0. The summed E-state index contributed by atoms with van der Waals surface area (Å²) in [4.78, 5) is 34.1. The molecule has 2 N–H and O–H groups in total. The number of carbonyl (C=O) groups excluding carboxylic acids is 2. The number of aromatic nitrogens is 2. The molecule has 6 nitrogen and oxygen atoms in total. The second kappa shape index (κ2) is 5.19. The molecule has 106 valence electrons. The molecule has 2 aliphatic rings. The van der Waals surface area contributed by atoms with Gasteiger partial charge in [-0.05, 0) is 38.2 Å². The van der Waals surface area contributed by atoms with E-state index in [0.717, 1.165) is 31.5 Å². The fourth-order valence-corrected chi connectivity index (χ4v) is 2.65. The third kappa shape index (κ3) is 2.50. The third-order valence-corrected chi connectivity index (χ3v) is 3.93. The van der Waals surface area contributed by atoms with Gasteiger partial charge in [0.15, 0.2) is 0 Å². The Labute approximate surface area is 117 Å². The highest BCUT2D eigenvalue weighted by Gasteiger charge is 2.33. The molecule has 1 aliphatic heterocycles. The molecular weight excluding hydrogens is 256 g/mol. The highest BCUT2D eigenvalue weighted by molar-refractivity contribution is 5.95. The summed E-state index contributed by atoms with van der Waals surface area (Å²) in [6.45, 7) is 0.565. The maximum absolute atomic E-state index is 12.5. The predicted molar refractivity (Wildman–Crippen MR) is 71.9 cm³/mol. The van der Waals surface area contributed by atoms with Gasteiger partial charge in [0.25, 0.3) is 5.91 Å². The normalized spacial score (nSPS) is 22.6. The van der Waals surface area contributed by atoms with Gasteiger partial charge in [-0.3, -0.25) is 9.59 Å². The zero-order valence-corrected chi connectivity index (χ0v) is 11.3. The van der Waals surface area contributed by atoms with Gasteiger partial charge in [-0.2, -0.15) is 0 Å². The van der Waals surface area contributed by atoms with Crippen molar-refractivity contribution in [1.82, 2.24) is 14.9 Å². The Bertz CT molecular complexity index is 542. The number of rotatable bonds is 3. The van der Waals surface area contributed by atoms with Crippen molar-refractivity contribution in [2.45, 2.75) is 44.1 Å². The monoisotopic (exact) mass is 274 g/mol. The maximum Gasteiger partial charge on any atom is 0.273 e. The molecule has 1 saturated heterocycles. The molecule has 0 bridgehead atoms. The smallest absolute Gasteiger partial charge is 0.273 e. The fraction of sp³-hybridized carbons (Fsp3) is 0.571. The number of likely N-dealkylation sites (tertiary alicyclic amines) is 1. The number of nitrogens with zero attached hydrogens (tertiary/aromatic N) is 3. The SMILES string of the molecule is NC(=O)C1CCCCN1C(=O)c1ccnc(C2CC2)n1. The van der Waals surface area contributed by atoms with E-state index >= 15 is 0 Å². The molecule has 20 heavy (non-hydrogen) atoms. The summed E-state index contributed by atoms with van der Waals surface area (Å²) in [5, 5.41) is 0. The average Bonchev–Trinajstić information content (AvgIpc) is 3.31. The predicted octanol–water partition coefficient (Wildman–Crippen LogP) is 0.834. The first-order chi connectivity index (χ1) is 9.66. The average molecular weight is 274 g/mol. The van der Waals surface area contributed by atoms with E-state index in [1.807, 2.05) is 0 Å². The Morgan fingerprint density at radius 3 is 2.75 bits per heavy atom. The van der Waals surface area contributed by atoms with E-state index < -0.39 is 11.9 Å². The second-order valence-corrected chi connectivity index (χ2v) is 5.49. The first-order valence-corrected chi connectivity index (χ1v) is 7.10. The first kappa shape index (κ1) is 13.0. The number of carbonyl (C=O) groups is 2. The van der Waals surface area contributed by atoms with E-state index in [0.29, 0.717) is 24.6 Å². The van der Waals surface area contributed by atoms with Crippen LogP contribution in [0.5, 0.6) is 0 Å². The van der Waals surface area contributed by atoms with Crippen LogP contribution in [0.4, 0.5) is 0 Å². The minimum absolute atomic E-state index is 0.210. The molecule has 1 unspecified atom stereocenters. The molecule has 0 spiro atoms. The fourth-order valence-electron chi connectivity index (χ4n) is 2.65. The Kier molecular flexibility index (Phi) is 3.38. The quantitative estimate of drug-likeness (QED) is 0.884. The Morgan fingerprint density at radius 1 is 1.25 bits per heavy atom. The van der Waals surface area contributed by atoms with Crippen LogP contribution in [-0.2, 0) is 4.79 Å². The van der Waals surface area contributed by atoms with Crippen molar-refractivity contribution in [2.75, 3.05) is 6.54 Å². The zero-order valence-electron chi connectivity index (χ0n) is 11.3. The van der Waals surface area contributed by atoms with Crippen molar-refractivity contribution in [1.29, 1.82) is 0 Å².